The van der Waals surface area contributed by atoms with Crippen molar-refractivity contribution in [2.24, 2.45) is 5.10 Å². The highest BCUT2D eigenvalue weighted by Gasteiger charge is 2.13. The third-order valence-electron chi connectivity index (χ3n) is 4.88. The van der Waals surface area contributed by atoms with Gasteiger partial charge in [-0.3, -0.25) is 9.59 Å². The van der Waals surface area contributed by atoms with Crippen molar-refractivity contribution >= 4 is 39.9 Å². The van der Waals surface area contributed by atoms with Crippen molar-refractivity contribution in [3.63, 3.8) is 0 Å². The molecule has 0 unspecified atom stereocenters. The molecule has 0 atom stereocenters. The lowest BCUT2D eigenvalue weighted by Gasteiger charge is -2.10. The number of benzene rings is 3. The van der Waals surface area contributed by atoms with Gasteiger partial charge in [0.1, 0.15) is 5.75 Å². The van der Waals surface area contributed by atoms with Gasteiger partial charge in [-0.25, -0.2) is 10.2 Å². The Hall–Kier alpha value is -4.18. The summed E-state index contributed by atoms with van der Waals surface area (Å²) < 4.78 is 16.6. The first-order valence-corrected chi connectivity index (χ1v) is 11.5. The molecule has 10 heteroatoms. The average Bonchev–Trinajstić information content (AvgIpc) is 2.88. The number of aryl methyl sites for hydroxylation is 1. The summed E-state index contributed by atoms with van der Waals surface area (Å²) in [6, 6.07) is 16.7. The van der Waals surface area contributed by atoms with Crippen molar-refractivity contribution in [1.29, 1.82) is 0 Å². The van der Waals surface area contributed by atoms with E-state index in [9.17, 15) is 14.4 Å². The summed E-state index contributed by atoms with van der Waals surface area (Å²) in [6.45, 7) is 1.58. The van der Waals surface area contributed by atoms with Crippen LogP contribution in [0, 0.1) is 6.92 Å². The Morgan fingerprint density at radius 2 is 1.67 bits per heavy atom. The number of methoxy groups -OCH3 is 2. The third-order valence-corrected chi connectivity index (χ3v) is 5.37. The van der Waals surface area contributed by atoms with Crippen molar-refractivity contribution in [3.8, 4) is 17.2 Å². The first kappa shape index (κ1) is 26.4. The van der Waals surface area contributed by atoms with Crippen molar-refractivity contribution in [2.45, 2.75) is 6.92 Å². The first-order chi connectivity index (χ1) is 17.3. The minimum Gasteiger partial charge on any atom is -0.493 e. The lowest BCUT2D eigenvalue weighted by atomic mass is 10.1. The summed E-state index contributed by atoms with van der Waals surface area (Å²) >= 11 is 3.37. The van der Waals surface area contributed by atoms with Crippen LogP contribution in [-0.2, 0) is 4.79 Å². The van der Waals surface area contributed by atoms with Crippen molar-refractivity contribution in [1.82, 2.24) is 10.7 Å². The number of rotatable bonds is 9. The standard InChI is InChI=1S/C26H24BrN3O6/c1-16-5-4-6-18(11-16)26(33)36-21-10-8-20(27)12-19(21)14-29-30-24(31)15-28-25(32)17-7-9-22(34-2)23(13-17)35-3/h4-14H,15H2,1-3H3,(H,28,32)(H,30,31)/b29-14-. The molecule has 0 spiro atoms. The van der Waals surface area contributed by atoms with Gasteiger partial charge >= 0.3 is 5.97 Å². The summed E-state index contributed by atoms with van der Waals surface area (Å²) in [5.41, 5.74) is 4.44. The molecule has 0 aliphatic carbocycles. The van der Waals surface area contributed by atoms with Crippen LogP contribution in [-0.4, -0.2) is 44.8 Å². The molecular formula is C26H24BrN3O6. The Balaban J connectivity index is 1.59. The Morgan fingerprint density at radius 1 is 0.917 bits per heavy atom. The molecule has 2 N–H and O–H groups in total. The predicted molar refractivity (Wildman–Crippen MR) is 138 cm³/mol. The fraction of sp³-hybridized carbons (Fsp3) is 0.154. The predicted octanol–water partition coefficient (Wildman–Crippen LogP) is 3.87. The van der Waals surface area contributed by atoms with Gasteiger partial charge in [-0.05, 0) is 55.5 Å². The average molecular weight is 554 g/mol. The van der Waals surface area contributed by atoms with Gasteiger partial charge in [0, 0.05) is 15.6 Å². The Labute approximate surface area is 216 Å². The fourth-order valence-corrected chi connectivity index (χ4v) is 3.48. The number of hydrogen-bond donors (Lipinski definition) is 2. The van der Waals surface area contributed by atoms with E-state index in [2.05, 4.69) is 31.8 Å². The Kier molecular flexibility index (Phi) is 9.18. The van der Waals surface area contributed by atoms with Gasteiger partial charge in [-0.15, -0.1) is 0 Å². The summed E-state index contributed by atoms with van der Waals surface area (Å²) in [7, 11) is 2.96. The molecular weight excluding hydrogens is 530 g/mol. The molecule has 2 amide bonds. The molecule has 0 fully saturated rings. The van der Waals surface area contributed by atoms with E-state index in [-0.39, 0.29) is 12.3 Å². The number of nitrogens with one attached hydrogen (secondary N) is 2. The van der Waals surface area contributed by atoms with E-state index in [1.165, 1.54) is 26.5 Å². The number of hydrogen-bond acceptors (Lipinski definition) is 7. The first-order valence-electron chi connectivity index (χ1n) is 10.7. The second-order valence-electron chi connectivity index (χ2n) is 7.49. The molecule has 186 valence electrons. The zero-order valence-corrected chi connectivity index (χ0v) is 21.4. The van der Waals surface area contributed by atoms with Crippen LogP contribution in [0.5, 0.6) is 17.2 Å². The van der Waals surface area contributed by atoms with E-state index in [1.807, 2.05) is 13.0 Å². The van der Waals surface area contributed by atoms with E-state index >= 15 is 0 Å². The number of halogens is 1. The quantitative estimate of drug-likeness (QED) is 0.180. The molecule has 0 saturated carbocycles. The monoisotopic (exact) mass is 553 g/mol. The van der Waals surface area contributed by atoms with Crippen molar-refractivity contribution in [2.75, 3.05) is 20.8 Å². The maximum Gasteiger partial charge on any atom is 0.343 e. The van der Waals surface area contributed by atoms with Crippen LogP contribution in [0.4, 0.5) is 0 Å². The maximum absolute atomic E-state index is 12.5. The molecule has 0 heterocycles. The van der Waals surface area contributed by atoms with E-state index in [0.717, 1.165) is 10.0 Å². The lowest BCUT2D eigenvalue weighted by Crippen LogP contribution is -2.34. The van der Waals surface area contributed by atoms with E-state index < -0.39 is 17.8 Å². The summed E-state index contributed by atoms with van der Waals surface area (Å²) in [4.78, 5) is 37.0. The van der Waals surface area contributed by atoms with Gasteiger partial charge in [0.25, 0.3) is 11.8 Å². The SMILES string of the molecule is COc1ccc(C(=O)NCC(=O)N/N=C\c2cc(Br)ccc2OC(=O)c2cccc(C)c2)cc1OC. The lowest BCUT2D eigenvalue weighted by molar-refractivity contribution is -0.120. The second kappa shape index (κ2) is 12.5. The minimum atomic E-state index is -0.548. The second-order valence-corrected chi connectivity index (χ2v) is 8.40. The number of nitrogens with zero attached hydrogens (tertiary/aromatic N) is 1. The maximum atomic E-state index is 12.5. The van der Waals surface area contributed by atoms with E-state index in [4.69, 9.17) is 14.2 Å². The molecule has 3 rings (SSSR count). The molecule has 0 bridgehead atoms. The molecule has 0 aliphatic rings. The molecule has 0 radical (unpaired) electrons. The summed E-state index contributed by atoms with van der Waals surface area (Å²) in [6.07, 6.45) is 1.34. The smallest absolute Gasteiger partial charge is 0.343 e. The highest BCUT2D eigenvalue weighted by molar-refractivity contribution is 9.10. The topological polar surface area (TPSA) is 115 Å². The molecule has 3 aromatic carbocycles. The fourth-order valence-electron chi connectivity index (χ4n) is 3.10. The zero-order chi connectivity index (χ0) is 26.1. The van der Waals surface area contributed by atoms with E-state index in [1.54, 1.807) is 48.5 Å². The van der Waals surface area contributed by atoms with Crippen LogP contribution >= 0.6 is 15.9 Å². The van der Waals surface area contributed by atoms with Crippen LogP contribution in [0.2, 0.25) is 0 Å². The number of hydrazone groups is 1. The van der Waals surface area contributed by atoms with Crippen molar-refractivity contribution in [3.05, 3.63) is 87.4 Å². The molecule has 9 nitrogen and oxygen atoms in total. The Bertz CT molecular complexity index is 1310. The van der Waals surface area contributed by atoms with Crippen LogP contribution in [0.25, 0.3) is 0 Å². The Morgan fingerprint density at radius 3 is 2.39 bits per heavy atom. The zero-order valence-electron chi connectivity index (χ0n) is 19.8. The number of ether oxygens (including phenoxy) is 3. The third kappa shape index (κ3) is 7.16. The van der Waals surface area contributed by atoms with Gasteiger partial charge in [0.05, 0.1) is 32.5 Å². The van der Waals surface area contributed by atoms with Gasteiger partial charge in [0.2, 0.25) is 0 Å². The van der Waals surface area contributed by atoms with Crippen LogP contribution in [0.15, 0.2) is 70.2 Å². The van der Waals surface area contributed by atoms with Gasteiger partial charge in [-0.2, -0.15) is 5.10 Å². The molecule has 0 aliphatic heterocycles. The highest BCUT2D eigenvalue weighted by atomic mass is 79.9. The van der Waals surface area contributed by atoms with Gasteiger partial charge in [0.15, 0.2) is 11.5 Å². The van der Waals surface area contributed by atoms with Crippen molar-refractivity contribution < 1.29 is 28.6 Å². The normalized spacial score (nSPS) is 10.6. The summed E-state index contributed by atoms with van der Waals surface area (Å²) in [5, 5.41) is 6.42. The minimum absolute atomic E-state index is 0.268. The molecule has 3 aromatic rings. The van der Waals surface area contributed by atoms with Gasteiger partial charge < -0.3 is 19.5 Å². The summed E-state index contributed by atoms with van der Waals surface area (Å²) in [5.74, 6) is -0.382. The van der Waals surface area contributed by atoms with Gasteiger partial charge in [-0.1, -0.05) is 33.6 Å². The van der Waals surface area contributed by atoms with Crippen LogP contribution < -0.4 is 25.0 Å². The number of esters is 1. The molecule has 0 saturated heterocycles. The number of carbonyl (C=O) groups excluding carboxylic acids is 3. The van der Waals surface area contributed by atoms with E-state index in [0.29, 0.717) is 28.2 Å². The highest BCUT2D eigenvalue weighted by Crippen LogP contribution is 2.27. The number of amides is 2. The largest absolute Gasteiger partial charge is 0.493 e. The molecule has 36 heavy (non-hydrogen) atoms. The number of carbonyl (C=O) groups is 3. The van der Waals surface area contributed by atoms with Crippen LogP contribution in [0.3, 0.4) is 0 Å². The van der Waals surface area contributed by atoms with Crippen LogP contribution in [0.1, 0.15) is 31.8 Å². The molecule has 0 aromatic heterocycles.